The van der Waals surface area contributed by atoms with Gasteiger partial charge in [0.25, 0.3) is 0 Å². The van der Waals surface area contributed by atoms with E-state index < -0.39 is 54.1 Å². The van der Waals surface area contributed by atoms with Crippen LogP contribution in [0.5, 0.6) is 5.75 Å². The van der Waals surface area contributed by atoms with E-state index in [0.717, 1.165) is 61.9 Å². The molecule has 2 aromatic rings. The van der Waals surface area contributed by atoms with Crippen molar-refractivity contribution in [2.24, 2.45) is 0 Å². The van der Waals surface area contributed by atoms with Crippen LogP contribution in [0, 0.1) is 11.8 Å². The van der Waals surface area contributed by atoms with E-state index >= 15 is 0 Å². The van der Waals surface area contributed by atoms with Crippen molar-refractivity contribution < 1.29 is 70.6 Å². The number of rotatable bonds is 13. The van der Waals surface area contributed by atoms with E-state index in [1.807, 2.05) is 12.1 Å². The van der Waals surface area contributed by atoms with Crippen LogP contribution in [0.15, 0.2) is 48.5 Å². The quantitative estimate of drug-likeness (QED) is 0.118. The molecule has 0 heterocycles. The summed E-state index contributed by atoms with van der Waals surface area (Å²) in [6.45, 7) is -0.812. The summed E-state index contributed by atoms with van der Waals surface area (Å²) in [7, 11) is 0. The largest absolute Gasteiger partial charge is 0.487 e. The second-order valence-electron chi connectivity index (χ2n) is 9.64. The first kappa shape index (κ1) is 36.9. The van der Waals surface area contributed by atoms with Crippen LogP contribution in [0.25, 0.3) is 0 Å². The molecular formula is C28H23F15O. The van der Waals surface area contributed by atoms with Crippen LogP contribution >= 0.6 is 0 Å². The Balaban J connectivity index is 2.14. The first-order valence-electron chi connectivity index (χ1n) is 12.6. The molecule has 246 valence electrons. The molecule has 1 nitrogen and oxygen atoms in total. The molecule has 0 spiro atoms. The van der Waals surface area contributed by atoms with Crippen molar-refractivity contribution >= 4 is 0 Å². The highest BCUT2D eigenvalue weighted by Crippen LogP contribution is 2.62. The lowest BCUT2D eigenvalue weighted by atomic mass is 9.91. The van der Waals surface area contributed by atoms with Crippen molar-refractivity contribution in [3.63, 3.8) is 0 Å². The van der Waals surface area contributed by atoms with E-state index in [0.29, 0.717) is 5.56 Å². The van der Waals surface area contributed by atoms with Crippen LogP contribution in [0.4, 0.5) is 65.9 Å². The topological polar surface area (TPSA) is 9.23 Å². The van der Waals surface area contributed by atoms with E-state index in [2.05, 4.69) is 23.5 Å². The van der Waals surface area contributed by atoms with Crippen molar-refractivity contribution in [3.8, 4) is 17.6 Å². The lowest BCUT2D eigenvalue weighted by molar-refractivity contribution is -0.453. The summed E-state index contributed by atoms with van der Waals surface area (Å²) in [6, 6.07) is 11.0. The minimum Gasteiger partial charge on any atom is -0.487 e. The predicted octanol–water partition coefficient (Wildman–Crippen LogP) is 9.96. The highest BCUT2D eigenvalue weighted by molar-refractivity contribution is 5.44. The molecule has 0 saturated carbocycles. The van der Waals surface area contributed by atoms with Gasteiger partial charge < -0.3 is 4.74 Å². The maximum atomic E-state index is 14.0. The van der Waals surface area contributed by atoms with Crippen molar-refractivity contribution in [2.75, 3.05) is 6.61 Å². The summed E-state index contributed by atoms with van der Waals surface area (Å²) < 4.78 is 204. The Labute approximate surface area is 241 Å². The zero-order valence-electron chi connectivity index (χ0n) is 22.4. The SMILES string of the molecule is CCCCCCc1ccc(C#Cc2ccc(OCC(F)(F)C(F)(F)C(F)(F)C(F)(F)C(F)(F)C(F)(F)C(F)(F)F)cc2)cc1. The number of unbranched alkanes of at least 4 members (excludes halogenated alkanes) is 3. The van der Waals surface area contributed by atoms with E-state index in [1.54, 1.807) is 12.1 Å². The number of hydrogen-bond donors (Lipinski definition) is 0. The molecule has 0 N–H and O–H groups in total. The van der Waals surface area contributed by atoms with Gasteiger partial charge in [-0.1, -0.05) is 50.2 Å². The van der Waals surface area contributed by atoms with Crippen LogP contribution in [-0.4, -0.2) is 48.3 Å². The summed E-state index contributed by atoms with van der Waals surface area (Å²) >= 11 is 0. The Morgan fingerprint density at radius 2 is 0.955 bits per heavy atom. The van der Waals surface area contributed by atoms with E-state index in [4.69, 9.17) is 0 Å². The molecule has 0 unspecified atom stereocenters. The Morgan fingerprint density at radius 1 is 0.523 bits per heavy atom. The Hall–Kier alpha value is -3.25. The summed E-state index contributed by atoms with van der Waals surface area (Å²) in [6.07, 6.45) is -2.45. The van der Waals surface area contributed by atoms with Crippen molar-refractivity contribution in [3.05, 3.63) is 65.2 Å². The fourth-order valence-electron chi connectivity index (χ4n) is 3.55. The number of alkyl halides is 15. The molecule has 0 saturated heterocycles. The number of ether oxygens (including phenoxy) is 1. The van der Waals surface area contributed by atoms with Crippen molar-refractivity contribution in [1.29, 1.82) is 0 Å². The third kappa shape index (κ3) is 7.17. The Kier molecular flexibility index (Phi) is 10.9. The number of benzene rings is 2. The van der Waals surface area contributed by atoms with Gasteiger partial charge in [0.15, 0.2) is 6.61 Å². The van der Waals surface area contributed by atoms with Crippen LogP contribution in [0.2, 0.25) is 0 Å². The molecule has 0 aliphatic carbocycles. The molecule has 0 fully saturated rings. The third-order valence-electron chi connectivity index (χ3n) is 6.29. The normalized spacial score (nSPS) is 13.8. The highest BCUT2D eigenvalue weighted by atomic mass is 19.4. The lowest BCUT2D eigenvalue weighted by Crippen LogP contribution is -2.73. The maximum Gasteiger partial charge on any atom is 0.460 e. The first-order chi connectivity index (χ1) is 20.0. The minimum atomic E-state index is -8.33. The minimum absolute atomic E-state index is 0.206. The fourth-order valence-corrected chi connectivity index (χ4v) is 3.55. The van der Waals surface area contributed by atoms with Crippen LogP contribution in [0.3, 0.4) is 0 Å². The highest BCUT2D eigenvalue weighted by Gasteiger charge is 2.93. The number of aryl methyl sites for hydroxylation is 1. The summed E-state index contributed by atoms with van der Waals surface area (Å²) in [5.74, 6) is -42.2. The summed E-state index contributed by atoms with van der Waals surface area (Å²) in [4.78, 5) is 0. The van der Waals surface area contributed by atoms with Gasteiger partial charge in [-0.05, 0) is 54.8 Å². The molecule has 16 heteroatoms. The van der Waals surface area contributed by atoms with Gasteiger partial charge in [0.1, 0.15) is 5.75 Å². The van der Waals surface area contributed by atoms with Crippen molar-refractivity contribution in [2.45, 2.75) is 80.7 Å². The van der Waals surface area contributed by atoms with Gasteiger partial charge in [-0.3, -0.25) is 0 Å². The van der Waals surface area contributed by atoms with Gasteiger partial charge in [-0.2, -0.15) is 65.9 Å². The van der Waals surface area contributed by atoms with Gasteiger partial charge in [-0.25, -0.2) is 0 Å². The fraction of sp³-hybridized carbons (Fsp3) is 0.500. The summed E-state index contributed by atoms with van der Waals surface area (Å²) in [5.41, 5.74) is 1.88. The standard InChI is InChI=1S/C28H23F15O/c1-2-3-4-5-6-18-7-9-19(10-8-18)11-12-20-13-15-21(16-14-20)44-17-22(29,30)23(31,32)24(33,34)25(35,36)26(37,38)27(39,40)28(41,42)43/h7-10,13-16H,2-6,17H2,1H3. The second-order valence-corrected chi connectivity index (χ2v) is 9.64. The monoisotopic (exact) mass is 660 g/mol. The zero-order valence-corrected chi connectivity index (χ0v) is 22.4. The number of hydrogen-bond acceptors (Lipinski definition) is 1. The molecule has 2 aromatic carbocycles. The van der Waals surface area contributed by atoms with Gasteiger partial charge in [0, 0.05) is 11.1 Å². The third-order valence-corrected chi connectivity index (χ3v) is 6.29. The average molecular weight is 660 g/mol. The molecule has 0 aromatic heterocycles. The predicted molar refractivity (Wildman–Crippen MR) is 128 cm³/mol. The summed E-state index contributed by atoms with van der Waals surface area (Å²) in [5, 5.41) is 0. The molecule has 0 aliphatic heterocycles. The Bertz CT molecular complexity index is 1290. The van der Waals surface area contributed by atoms with Gasteiger partial charge >= 0.3 is 41.7 Å². The molecule has 0 radical (unpaired) electrons. The molecule has 0 bridgehead atoms. The van der Waals surface area contributed by atoms with Crippen LogP contribution in [-0.2, 0) is 6.42 Å². The molecule has 0 atom stereocenters. The maximum absolute atomic E-state index is 14.0. The van der Waals surface area contributed by atoms with E-state index in [9.17, 15) is 65.9 Å². The first-order valence-corrected chi connectivity index (χ1v) is 12.6. The molecule has 2 rings (SSSR count). The molecule has 0 amide bonds. The number of halogens is 15. The smallest absolute Gasteiger partial charge is 0.460 e. The zero-order chi connectivity index (χ0) is 33.8. The van der Waals surface area contributed by atoms with Crippen LogP contribution < -0.4 is 4.74 Å². The lowest BCUT2D eigenvalue weighted by Gasteiger charge is -2.41. The second kappa shape index (κ2) is 13.0. The van der Waals surface area contributed by atoms with Gasteiger partial charge in [0.05, 0.1) is 0 Å². The van der Waals surface area contributed by atoms with Crippen LogP contribution in [0.1, 0.15) is 49.3 Å². The average Bonchev–Trinajstić information content (AvgIpc) is 2.93. The van der Waals surface area contributed by atoms with Crippen molar-refractivity contribution in [1.82, 2.24) is 0 Å². The van der Waals surface area contributed by atoms with E-state index in [-0.39, 0.29) is 5.56 Å². The Morgan fingerprint density at radius 3 is 1.41 bits per heavy atom. The molecule has 44 heavy (non-hydrogen) atoms. The van der Waals surface area contributed by atoms with Gasteiger partial charge in [-0.15, -0.1) is 0 Å². The molecular weight excluding hydrogens is 637 g/mol. The molecule has 0 aliphatic rings. The van der Waals surface area contributed by atoms with E-state index in [1.165, 1.54) is 0 Å². The van der Waals surface area contributed by atoms with Gasteiger partial charge in [0.2, 0.25) is 0 Å².